The Labute approximate surface area is 100 Å². The number of aryl methyl sites for hydroxylation is 1. The van der Waals surface area contributed by atoms with Crippen molar-refractivity contribution in [3.05, 3.63) is 35.4 Å². The standard InChI is InChI=1S/C15H25N/c1-12(2)10-16(13(3)4)11-15-8-6-7-14(5)9-15/h6-9,12-13H,10-11H2,1-5H3. The first-order chi connectivity index (χ1) is 7.49. The predicted octanol–water partition coefficient (Wildman–Crippen LogP) is 3.86. The van der Waals surface area contributed by atoms with E-state index in [4.69, 9.17) is 0 Å². The van der Waals surface area contributed by atoms with Crippen LogP contribution in [0.4, 0.5) is 0 Å². The van der Waals surface area contributed by atoms with Gasteiger partial charge in [-0.3, -0.25) is 4.90 Å². The largest absolute Gasteiger partial charge is 0.296 e. The third-order valence-electron chi connectivity index (χ3n) is 2.80. The van der Waals surface area contributed by atoms with E-state index < -0.39 is 0 Å². The fourth-order valence-electron chi connectivity index (χ4n) is 1.97. The molecule has 0 radical (unpaired) electrons. The van der Waals surface area contributed by atoms with Gasteiger partial charge in [-0.25, -0.2) is 0 Å². The van der Waals surface area contributed by atoms with Crippen LogP contribution in [0.5, 0.6) is 0 Å². The van der Waals surface area contributed by atoms with E-state index in [1.807, 2.05) is 0 Å². The first-order valence-corrected chi connectivity index (χ1v) is 6.28. The molecule has 0 bridgehead atoms. The van der Waals surface area contributed by atoms with Crippen molar-refractivity contribution < 1.29 is 0 Å². The van der Waals surface area contributed by atoms with Crippen LogP contribution in [0.2, 0.25) is 0 Å². The zero-order chi connectivity index (χ0) is 12.1. The van der Waals surface area contributed by atoms with Crippen molar-refractivity contribution in [1.82, 2.24) is 4.90 Å². The van der Waals surface area contributed by atoms with Gasteiger partial charge in [0.1, 0.15) is 0 Å². The average Bonchev–Trinajstić information content (AvgIpc) is 2.15. The maximum absolute atomic E-state index is 2.54. The quantitative estimate of drug-likeness (QED) is 0.727. The Morgan fingerprint density at radius 3 is 2.31 bits per heavy atom. The summed E-state index contributed by atoms with van der Waals surface area (Å²) in [6.07, 6.45) is 0. The Hall–Kier alpha value is -0.820. The number of hydrogen-bond acceptors (Lipinski definition) is 1. The first kappa shape index (κ1) is 13.2. The highest BCUT2D eigenvalue weighted by Crippen LogP contribution is 2.12. The zero-order valence-corrected chi connectivity index (χ0v) is 11.3. The van der Waals surface area contributed by atoms with Gasteiger partial charge in [-0.2, -0.15) is 0 Å². The lowest BCUT2D eigenvalue weighted by atomic mass is 10.1. The molecule has 1 aromatic rings. The topological polar surface area (TPSA) is 3.24 Å². The highest BCUT2D eigenvalue weighted by Gasteiger charge is 2.11. The summed E-state index contributed by atoms with van der Waals surface area (Å²) in [5, 5.41) is 0. The Kier molecular flexibility index (Phi) is 5.01. The van der Waals surface area contributed by atoms with Gasteiger partial charge in [-0.15, -0.1) is 0 Å². The molecule has 0 saturated carbocycles. The Morgan fingerprint density at radius 1 is 1.12 bits per heavy atom. The highest BCUT2D eigenvalue weighted by molar-refractivity contribution is 5.22. The number of benzene rings is 1. The van der Waals surface area contributed by atoms with Crippen LogP contribution in [0, 0.1) is 12.8 Å². The molecule has 1 rings (SSSR count). The van der Waals surface area contributed by atoms with Crippen LogP contribution in [0.15, 0.2) is 24.3 Å². The molecule has 0 spiro atoms. The van der Waals surface area contributed by atoms with Gasteiger partial charge in [0.15, 0.2) is 0 Å². The second-order valence-electron chi connectivity index (χ2n) is 5.41. The van der Waals surface area contributed by atoms with E-state index in [0.717, 1.165) is 12.5 Å². The summed E-state index contributed by atoms with van der Waals surface area (Å²) in [6.45, 7) is 13.5. The average molecular weight is 219 g/mol. The Morgan fingerprint density at radius 2 is 1.81 bits per heavy atom. The molecule has 1 heteroatoms. The van der Waals surface area contributed by atoms with Crippen molar-refractivity contribution in [2.75, 3.05) is 6.54 Å². The van der Waals surface area contributed by atoms with Gasteiger partial charge in [-0.1, -0.05) is 43.7 Å². The van der Waals surface area contributed by atoms with Crippen molar-refractivity contribution in [2.24, 2.45) is 5.92 Å². The molecule has 1 aromatic carbocycles. The smallest absolute Gasteiger partial charge is 0.0236 e. The lowest BCUT2D eigenvalue weighted by molar-refractivity contribution is 0.189. The molecule has 1 nitrogen and oxygen atoms in total. The van der Waals surface area contributed by atoms with Gasteiger partial charge in [0.2, 0.25) is 0 Å². The lowest BCUT2D eigenvalue weighted by Crippen LogP contribution is -2.33. The van der Waals surface area contributed by atoms with Gasteiger partial charge in [0.05, 0.1) is 0 Å². The third-order valence-corrected chi connectivity index (χ3v) is 2.80. The SMILES string of the molecule is Cc1cccc(CN(CC(C)C)C(C)C)c1. The van der Waals surface area contributed by atoms with Gasteiger partial charge < -0.3 is 0 Å². The van der Waals surface area contributed by atoms with Crippen molar-refractivity contribution >= 4 is 0 Å². The van der Waals surface area contributed by atoms with E-state index in [9.17, 15) is 0 Å². The van der Waals surface area contributed by atoms with Gasteiger partial charge in [0.25, 0.3) is 0 Å². The predicted molar refractivity (Wildman–Crippen MR) is 71.6 cm³/mol. The Bertz CT molecular complexity index is 315. The molecular formula is C15H25N. The van der Waals surface area contributed by atoms with Crippen molar-refractivity contribution in [2.45, 2.75) is 47.2 Å². The first-order valence-electron chi connectivity index (χ1n) is 6.28. The minimum atomic E-state index is 0.614. The summed E-state index contributed by atoms with van der Waals surface area (Å²) < 4.78 is 0. The summed E-state index contributed by atoms with van der Waals surface area (Å²) in [5.41, 5.74) is 2.78. The zero-order valence-electron chi connectivity index (χ0n) is 11.3. The molecule has 0 fully saturated rings. The second-order valence-corrected chi connectivity index (χ2v) is 5.41. The summed E-state index contributed by atoms with van der Waals surface area (Å²) in [4.78, 5) is 2.54. The normalized spacial score (nSPS) is 11.8. The van der Waals surface area contributed by atoms with Crippen LogP contribution in [0.1, 0.15) is 38.8 Å². The molecule has 0 aromatic heterocycles. The van der Waals surface area contributed by atoms with Crippen LogP contribution >= 0.6 is 0 Å². The molecule has 0 aliphatic carbocycles. The van der Waals surface area contributed by atoms with E-state index in [1.54, 1.807) is 0 Å². The van der Waals surface area contributed by atoms with Crippen LogP contribution in [-0.4, -0.2) is 17.5 Å². The number of nitrogens with zero attached hydrogens (tertiary/aromatic N) is 1. The fraction of sp³-hybridized carbons (Fsp3) is 0.600. The van der Waals surface area contributed by atoms with Crippen LogP contribution < -0.4 is 0 Å². The number of hydrogen-bond donors (Lipinski definition) is 0. The molecule has 0 unspecified atom stereocenters. The van der Waals surface area contributed by atoms with Crippen molar-refractivity contribution in [1.29, 1.82) is 0 Å². The molecule has 16 heavy (non-hydrogen) atoms. The van der Waals surface area contributed by atoms with Crippen LogP contribution in [-0.2, 0) is 6.54 Å². The molecule has 0 aliphatic heterocycles. The minimum absolute atomic E-state index is 0.614. The molecular weight excluding hydrogens is 194 g/mol. The second kappa shape index (κ2) is 6.05. The maximum Gasteiger partial charge on any atom is 0.0236 e. The molecule has 0 N–H and O–H groups in total. The van der Waals surface area contributed by atoms with E-state index in [1.165, 1.54) is 17.7 Å². The van der Waals surface area contributed by atoms with Crippen molar-refractivity contribution in [3.8, 4) is 0 Å². The fourth-order valence-corrected chi connectivity index (χ4v) is 1.97. The van der Waals surface area contributed by atoms with E-state index in [-0.39, 0.29) is 0 Å². The van der Waals surface area contributed by atoms with Crippen LogP contribution in [0.3, 0.4) is 0 Å². The molecule has 0 saturated heterocycles. The minimum Gasteiger partial charge on any atom is -0.296 e. The lowest BCUT2D eigenvalue weighted by Gasteiger charge is -2.28. The summed E-state index contributed by atoms with van der Waals surface area (Å²) in [7, 11) is 0. The highest BCUT2D eigenvalue weighted by atomic mass is 15.1. The summed E-state index contributed by atoms with van der Waals surface area (Å²) in [5.74, 6) is 0.729. The van der Waals surface area contributed by atoms with E-state index in [2.05, 4.69) is 63.8 Å². The third kappa shape index (κ3) is 4.36. The summed E-state index contributed by atoms with van der Waals surface area (Å²) in [6, 6.07) is 9.44. The van der Waals surface area contributed by atoms with Crippen LogP contribution in [0.25, 0.3) is 0 Å². The van der Waals surface area contributed by atoms with Gasteiger partial charge in [-0.05, 0) is 32.3 Å². The maximum atomic E-state index is 2.54. The van der Waals surface area contributed by atoms with Gasteiger partial charge >= 0.3 is 0 Å². The number of rotatable bonds is 5. The molecule has 0 amide bonds. The summed E-state index contributed by atoms with van der Waals surface area (Å²) >= 11 is 0. The molecule has 90 valence electrons. The Balaban J connectivity index is 2.68. The molecule has 0 atom stereocenters. The molecule has 0 aliphatic rings. The van der Waals surface area contributed by atoms with E-state index in [0.29, 0.717) is 6.04 Å². The monoisotopic (exact) mass is 219 g/mol. The van der Waals surface area contributed by atoms with E-state index >= 15 is 0 Å². The van der Waals surface area contributed by atoms with Gasteiger partial charge in [0, 0.05) is 19.1 Å². The molecule has 0 heterocycles. The van der Waals surface area contributed by atoms with Crippen molar-refractivity contribution in [3.63, 3.8) is 0 Å².